The Morgan fingerprint density at radius 2 is 2.11 bits per heavy atom. The third kappa shape index (κ3) is 4.53. The van der Waals surface area contributed by atoms with Crippen LogP contribution in [0.15, 0.2) is 6.07 Å². The van der Waals surface area contributed by atoms with Gasteiger partial charge in [-0.1, -0.05) is 11.3 Å². The Kier molecular flexibility index (Phi) is 5.54. The number of anilines is 2. The largest absolute Gasteiger partial charge is 0.481 e. The molecular weight excluding hydrogens is 376 g/mol. The number of aliphatic carboxylic acids is 1. The summed E-state index contributed by atoms with van der Waals surface area (Å²) in [6, 6.07) is 1.34. The number of thiazole rings is 1. The lowest BCUT2D eigenvalue weighted by Gasteiger charge is -2.27. The second-order valence-corrected chi connectivity index (χ2v) is 6.60. The van der Waals surface area contributed by atoms with Gasteiger partial charge in [0, 0.05) is 23.9 Å². The van der Waals surface area contributed by atoms with E-state index in [1.807, 2.05) is 4.90 Å². The quantitative estimate of drug-likeness (QED) is 0.646. The van der Waals surface area contributed by atoms with Gasteiger partial charge in [0.1, 0.15) is 12.4 Å². The number of urea groups is 1. The van der Waals surface area contributed by atoms with Gasteiger partial charge in [-0.3, -0.25) is 10.1 Å². The van der Waals surface area contributed by atoms with E-state index in [4.69, 9.17) is 14.6 Å². The SMILES string of the molecule is COc1cc(N2CCc3nc(NC(=O)NCC(=O)O)sc3C2)nc(OC)n1. The minimum Gasteiger partial charge on any atom is -0.481 e. The van der Waals surface area contributed by atoms with Crippen LogP contribution in [0.5, 0.6) is 11.9 Å². The lowest BCUT2D eigenvalue weighted by molar-refractivity contribution is -0.135. The highest BCUT2D eigenvalue weighted by Gasteiger charge is 2.23. The average molecular weight is 394 g/mol. The Labute approximate surface area is 158 Å². The predicted octanol–water partition coefficient (Wildman–Crippen LogP) is 0.719. The highest BCUT2D eigenvalue weighted by atomic mass is 32.1. The molecule has 3 rings (SSSR count). The van der Waals surface area contributed by atoms with Crippen LogP contribution in [-0.2, 0) is 17.8 Å². The lowest BCUT2D eigenvalue weighted by Crippen LogP contribution is -2.33. The number of hydrogen-bond acceptors (Lipinski definition) is 9. The summed E-state index contributed by atoms with van der Waals surface area (Å²) in [5.74, 6) is -0.0363. The molecule has 3 heterocycles. The minimum atomic E-state index is -1.12. The van der Waals surface area contributed by atoms with Gasteiger partial charge in [-0.05, 0) is 0 Å². The average Bonchev–Trinajstić information content (AvgIpc) is 3.07. The number of aromatic nitrogens is 3. The number of fused-ring (bicyclic) bond motifs is 1. The molecule has 3 N–H and O–H groups in total. The molecule has 0 bridgehead atoms. The Balaban J connectivity index is 1.71. The van der Waals surface area contributed by atoms with E-state index in [0.717, 1.165) is 10.6 Å². The molecule has 0 atom stereocenters. The molecule has 0 saturated carbocycles. The maximum absolute atomic E-state index is 11.7. The van der Waals surface area contributed by atoms with E-state index in [-0.39, 0.29) is 6.01 Å². The molecule has 1 aliphatic rings. The van der Waals surface area contributed by atoms with Crippen LogP contribution in [-0.4, -0.2) is 59.4 Å². The number of methoxy groups -OCH3 is 2. The molecule has 0 saturated heterocycles. The number of rotatable bonds is 6. The standard InChI is InChI=1S/C15H18N6O5S/c1-25-11-5-10(18-14(19-11)26-2)21-4-3-8-9(7-21)27-15(17-8)20-13(24)16-6-12(22)23/h5H,3-4,6-7H2,1-2H3,(H,22,23)(H2,16,17,20,24). The van der Waals surface area contributed by atoms with Crippen LogP contribution in [0.3, 0.4) is 0 Å². The summed E-state index contributed by atoms with van der Waals surface area (Å²) in [5, 5.41) is 13.8. The summed E-state index contributed by atoms with van der Waals surface area (Å²) < 4.78 is 10.3. The van der Waals surface area contributed by atoms with E-state index in [9.17, 15) is 9.59 Å². The van der Waals surface area contributed by atoms with Crippen molar-refractivity contribution >= 4 is 34.3 Å². The first-order valence-corrected chi connectivity index (χ1v) is 8.77. The van der Waals surface area contributed by atoms with E-state index < -0.39 is 18.5 Å². The predicted molar refractivity (Wildman–Crippen MR) is 96.7 cm³/mol. The summed E-state index contributed by atoms with van der Waals surface area (Å²) >= 11 is 1.34. The van der Waals surface area contributed by atoms with Crippen LogP contribution in [0, 0.1) is 0 Å². The first-order chi connectivity index (χ1) is 13.0. The fourth-order valence-electron chi connectivity index (χ4n) is 2.49. The summed E-state index contributed by atoms with van der Waals surface area (Å²) in [6.07, 6.45) is 0.679. The number of carbonyl (C=O) groups excluding carboxylic acids is 1. The fourth-order valence-corrected chi connectivity index (χ4v) is 3.51. The molecule has 11 nitrogen and oxygen atoms in total. The van der Waals surface area contributed by atoms with Crippen LogP contribution in [0.1, 0.15) is 10.6 Å². The van der Waals surface area contributed by atoms with Gasteiger partial charge >= 0.3 is 18.0 Å². The lowest BCUT2D eigenvalue weighted by atomic mass is 10.2. The number of hydrogen-bond donors (Lipinski definition) is 3. The number of ether oxygens (including phenoxy) is 2. The van der Waals surface area contributed by atoms with Gasteiger partial charge in [0.2, 0.25) is 5.88 Å². The van der Waals surface area contributed by atoms with E-state index in [0.29, 0.717) is 36.3 Å². The summed E-state index contributed by atoms with van der Waals surface area (Å²) in [4.78, 5) is 38.1. The van der Waals surface area contributed by atoms with Gasteiger partial charge in [-0.2, -0.15) is 9.97 Å². The van der Waals surface area contributed by atoms with E-state index >= 15 is 0 Å². The van der Waals surface area contributed by atoms with Crippen LogP contribution < -0.4 is 25.0 Å². The zero-order chi connectivity index (χ0) is 19.4. The van der Waals surface area contributed by atoms with Crippen molar-refractivity contribution in [2.45, 2.75) is 13.0 Å². The Morgan fingerprint density at radius 1 is 1.30 bits per heavy atom. The van der Waals surface area contributed by atoms with Crippen molar-refractivity contribution < 1.29 is 24.2 Å². The molecule has 0 radical (unpaired) electrons. The van der Waals surface area contributed by atoms with Crippen LogP contribution in [0.2, 0.25) is 0 Å². The maximum Gasteiger partial charge on any atom is 0.323 e. The molecule has 2 aromatic heterocycles. The minimum absolute atomic E-state index is 0.219. The third-order valence-electron chi connectivity index (χ3n) is 3.74. The Morgan fingerprint density at radius 3 is 2.81 bits per heavy atom. The smallest absolute Gasteiger partial charge is 0.323 e. The molecule has 0 spiro atoms. The monoisotopic (exact) mass is 394 g/mol. The molecular formula is C15H18N6O5S. The van der Waals surface area contributed by atoms with Crippen LogP contribution in [0.4, 0.5) is 15.7 Å². The first-order valence-electron chi connectivity index (χ1n) is 7.95. The third-order valence-corrected chi connectivity index (χ3v) is 4.73. The molecule has 0 fully saturated rings. The first kappa shape index (κ1) is 18.6. The summed E-state index contributed by atoms with van der Waals surface area (Å²) in [5.41, 5.74) is 0.901. The van der Waals surface area contributed by atoms with E-state index in [1.165, 1.54) is 25.6 Å². The zero-order valence-corrected chi connectivity index (χ0v) is 15.5. The van der Waals surface area contributed by atoms with Crippen LogP contribution >= 0.6 is 11.3 Å². The number of nitrogens with one attached hydrogen (secondary N) is 2. The van der Waals surface area contributed by atoms with Crippen molar-refractivity contribution in [3.8, 4) is 11.9 Å². The molecule has 0 aromatic carbocycles. The van der Waals surface area contributed by atoms with E-state index in [1.54, 1.807) is 6.07 Å². The number of amides is 2. The molecule has 2 amide bonds. The van der Waals surface area contributed by atoms with Gasteiger partial charge in [-0.25, -0.2) is 9.78 Å². The molecule has 144 valence electrons. The van der Waals surface area contributed by atoms with Crippen LogP contribution in [0.25, 0.3) is 0 Å². The zero-order valence-electron chi connectivity index (χ0n) is 14.7. The van der Waals surface area contributed by atoms with Gasteiger partial charge in [-0.15, -0.1) is 0 Å². The van der Waals surface area contributed by atoms with Crippen molar-refractivity contribution in [2.75, 3.05) is 37.5 Å². The summed E-state index contributed by atoms with van der Waals surface area (Å²) in [6.45, 7) is 0.793. The van der Waals surface area contributed by atoms with Crippen molar-refractivity contribution in [3.63, 3.8) is 0 Å². The second kappa shape index (κ2) is 8.03. The summed E-state index contributed by atoms with van der Waals surface area (Å²) in [7, 11) is 3.01. The molecule has 2 aromatic rings. The van der Waals surface area contributed by atoms with Gasteiger partial charge in [0.05, 0.1) is 26.5 Å². The normalized spacial score (nSPS) is 12.9. The highest BCUT2D eigenvalue weighted by Crippen LogP contribution is 2.31. The second-order valence-electron chi connectivity index (χ2n) is 5.52. The van der Waals surface area contributed by atoms with Crippen molar-refractivity contribution in [1.82, 2.24) is 20.3 Å². The topological polar surface area (TPSA) is 139 Å². The van der Waals surface area contributed by atoms with Crippen molar-refractivity contribution in [1.29, 1.82) is 0 Å². The maximum atomic E-state index is 11.7. The fraction of sp³-hybridized carbons (Fsp3) is 0.400. The van der Waals surface area contributed by atoms with Crippen molar-refractivity contribution in [2.24, 2.45) is 0 Å². The molecule has 1 aliphatic heterocycles. The number of carboxylic acid groups (broad SMARTS) is 1. The van der Waals surface area contributed by atoms with Gasteiger partial charge in [0.25, 0.3) is 0 Å². The number of carbonyl (C=O) groups is 2. The molecule has 27 heavy (non-hydrogen) atoms. The Bertz CT molecular complexity index is 835. The van der Waals surface area contributed by atoms with E-state index in [2.05, 4.69) is 25.6 Å². The highest BCUT2D eigenvalue weighted by molar-refractivity contribution is 7.15. The van der Waals surface area contributed by atoms with Crippen molar-refractivity contribution in [3.05, 3.63) is 16.6 Å². The number of nitrogens with zero attached hydrogens (tertiary/aromatic N) is 4. The van der Waals surface area contributed by atoms with Gasteiger partial charge < -0.3 is 24.8 Å². The molecule has 12 heteroatoms. The Hall–Kier alpha value is -3.15. The molecule has 0 aliphatic carbocycles. The number of carboxylic acids is 1. The van der Waals surface area contributed by atoms with Gasteiger partial charge in [0.15, 0.2) is 5.13 Å². The molecule has 0 unspecified atom stereocenters.